The van der Waals surface area contributed by atoms with Crippen molar-refractivity contribution in [2.75, 3.05) is 0 Å². The summed E-state index contributed by atoms with van der Waals surface area (Å²) in [6.07, 6.45) is 4.43. The van der Waals surface area contributed by atoms with Gasteiger partial charge in [0.15, 0.2) is 0 Å². The van der Waals surface area contributed by atoms with Crippen molar-refractivity contribution in [1.82, 2.24) is 4.98 Å². The van der Waals surface area contributed by atoms with Crippen molar-refractivity contribution in [2.45, 2.75) is 31.3 Å². The van der Waals surface area contributed by atoms with Gasteiger partial charge in [-0.25, -0.2) is 0 Å². The molecule has 0 spiro atoms. The lowest BCUT2D eigenvalue weighted by molar-refractivity contribution is 0.133. The lowest BCUT2D eigenvalue weighted by Gasteiger charge is -2.29. The zero-order valence-electron chi connectivity index (χ0n) is 10.9. The number of hydrogen-bond donors (Lipinski definition) is 1. The number of benzene rings is 1. The van der Waals surface area contributed by atoms with Crippen LogP contribution in [0.2, 0.25) is 0 Å². The Hall–Kier alpha value is -0.710. The molecule has 0 fully saturated rings. The van der Waals surface area contributed by atoms with Gasteiger partial charge in [0, 0.05) is 26.8 Å². The fraction of sp³-hybridized carbons (Fsp3) is 0.312. The van der Waals surface area contributed by atoms with E-state index in [2.05, 4.69) is 42.9 Å². The summed E-state index contributed by atoms with van der Waals surface area (Å²) < 4.78 is 1.92. The Labute approximate surface area is 135 Å². The van der Waals surface area contributed by atoms with E-state index < -0.39 is 6.10 Å². The molecule has 0 bridgehead atoms. The SMILES string of the molecule is OC(c1cc(Br)ccc1Br)C1CCCc2cccnc21. The van der Waals surface area contributed by atoms with Crippen LogP contribution in [0, 0.1) is 0 Å². The number of aliphatic hydroxyl groups excluding tert-OH is 1. The number of hydrogen-bond acceptors (Lipinski definition) is 2. The van der Waals surface area contributed by atoms with E-state index in [0.29, 0.717) is 0 Å². The largest absolute Gasteiger partial charge is 0.388 e. The average molecular weight is 397 g/mol. The minimum Gasteiger partial charge on any atom is -0.388 e. The highest BCUT2D eigenvalue weighted by molar-refractivity contribution is 9.11. The molecular weight excluding hydrogens is 382 g/mol. The molecule has 20 heavy (non-hydrogen) atoms. The normalized spacial score (nSPS) is 19.4. The van der Waals surface area contributed by atoms with E-state index in [0.717, 1.165) is 39.5 Å². The first-order valence-corrected chi connectivity index (χ1v) is 8.32. The highest BCUT2D eigenvalue weighted by Crippen LogP contribution is 2.41. The van der Waals surface area contributed by atoms with Crippen LogP contribution in [0.1, 0.15) is 41.7 Å². The van der Waals surface area contributed by atoms with Crippen molar-refractivity contribution < 1.29 is 5.11 Å². The molecular formula is C16H15Br2NO. The van der Waals surface area contributed by atoms with E-state index in [9.17, 15) is 5.11 Å². The van der Waals surface area contributed by atoms with Crippen LogP contribution in [-0.4, -0.2) is 10.1 Å². The molecule has 1 aliphatic rings. The van der Waals surface area contributed by atoms with Crippen molar-refractivity contribution in [3.63, 3.8) is 0 Å². The number of halogens is 2. The molecule has 0 saturated heterocycles. The van der Waals surface area contributed by atoms with E-state index in [1.807, 2.05) is 30.5 Å². The van der Waals surface area contributed by atoms with E-state index in [1.165, 1.54) is 5.56 Å². The summed E-state index contributed by atoms with van der Waals surface area (Å²) in [5, 5.41) is 10.8. The average Bonchev–Trinajstić information content (AvgIpc) is 2.48. The Morgan fingerprint density at radius 1 is 1.25 bits per heavy atom. The van der Waals surface area contributed by atoms with Gasteiger partial charge in [0.1, 0.15) is 0 Å². The molecule has 0 amide bonds. The van der Waals surface area contributed by atoms with Crippen LogP contribution < -0.4 is 0 Å². The summed E-state index contributed by atoms with van der Waals surface area (Å²) in [6.45, 7) is 0. The topological polar surface area (TPSA) is 33.1 Å². The predicted octanol–water partition coefficient (Wildman–Crippen LogP) is 4.76. The minimum atomic E-state index is -0.532. The zero-order valence-corrected chi connectivity index (χ0v) is 14.1. The van der Waals surface area contributed by atoms with Crippen LogP contribution in [0.3, 0.4) is 0 Å². The number of fused-ring (bicyclic) bond motifs is 1. The van der Waals surface area contributed by atoms with Crippen molar-refractivity contribution >= 4 is 31.9 Å². The highest BCUT2D eigenvalue weighted by atomic mass is 79.9. The standard InChI is InChI=1S/C16H15Br2NO/c17-11-6-7-14(18)13(9-11)16(20)12-5-1-3-10-4-2-8-19-15(10)12/h2,4,6-9,12,16,20H,1,3,5H2. The smallest absolute Gasteiger partial charge is 0.0885 e. The monoisotopic (exact) mass is 395 g/mol. The maximum Gasteiger partial charge on any atom is 0.0885 e. The Kier molecular flexibility index (Phi) is 4.24. The quantitative estimate of drug-likeness (QED) is 0.793. The third-order valence-electron chi connectivity index (χ3n) is 3.90. The molecule has 104 valence electrons. The second-order valence-corrected chi connectivity index (χ2v) is 6.93. The summed E-state index contributed by atoms with van der Waals surface area (Å²) in [5.41, 5.74) is 3.25. The molecule has 2 atom stereocenters. The molecule has 0 radical (unpaired) electrons. The molecule has 2 unspecified atom stereocenters. The molecule has 1 aliphatic carbocycles. The van der Waals surface area contributed by atoms with Gasteiger partial charge < -0.3 is 5.11 Å². The van der Waals surface area contributed by atoms with E-state index in [4.69, 9.17) is 0 Å². The number of aryl methyl sites for hydroxylation is 1. The van der Waals surface area contributed by atoms with Crippen molar-refractivity contribution in [3.8, 4) is 0 Å². The number of nitrogens with zero attached hydrogens (tertiary/aromatic N) is 1. The van der Waals surface area contributed by atoms with Gasteiger partial charge in [-0.2, -0.15) is 0 Å². The number of rotatable bonds is 2. The number of pyridine rings is 1. The molecule has 2 nitrogen and oxygen atoms in total. The summed E-state index contributed by atoms with van der Waals surface area (Å²) in [5.74, 6) is 0.0746. The Morgan fingerprint density at radius 2 is 2.10 bits per heavy atom. The number of aromatic nitrogens is 1. The summed E-state index contributed by atoms with van der Waals surface area (Å²) >= 11 is 7.01. The Morgan fingerprint density at radius 3 is 2.95 bits per heavy atom. The second kappa shape index (κ2) is 5.96. The van der Waals surface area contributed by atoms with Gasteiger partial charge in [-0.05, 0) is 54.7 Å². The Balaban J connectivity index is 1.99. The third-order valence-corrected chi connectivity index (χ3v) is 5.11. The molecule has 1 N–H and O–H groups in total. The Bertz CT molecular complexity index is 630. The molecule has 0 aliphatic heterocycles. The highest BCUT2D eigenvalue weighted by Gasteiger charge is 2.29. The van der Waals surface area contributed by atoms with Crippen LogP contribution in [0.15, 0.2) is 45.5 Å². The van der Waals surface area contributed by atoms with Gasteiger partial charge in [-0.3, -0.25) is 4.98 Å². The summed E-state index contributed by atoms with van der Waals surface area (Å²) in [6, 6.07) is 10.0. The predicted molar refractivity (Wildman–Crippen MR) is 86.7 cm³/mol. The van der Waals surface area contributed by atoms with Crippen molar-refractivity contribution in [1.29, 1.82) is 0 Å². The molecule has 1 aromatic carbocycles. The lowest BCUT2D eigenvalue weighted by Crippen LogP contribution is -2.19. The van der Waals surface area contributed by atoms with Gasteiger partial charge in [0.05, 0.1) is 6.10 Å². The fourth-order valence-electron chi connectivity index (χ4n) is 2.91. The van der Waals surface area contributed by atoms with E-state index >= 15 is 0 Å². The maximum absolute atomic E-state index is 10.8. The molecule has 2 aromatic rings. The zero-order chi connectivity index (χ0) is 14.1. The molecule has 1 heterocycles. The van der Waals surface area contributed by atoms with Crippen LogP contribution in [0.5, 0.6) is 0 Å². The van der Waals surface area contributed by atoms with Gasteiger partial charge >= 0.3 is 0 Å². The molecule has 1 aromatic heterocycles. The van der Waals surface area contributed by atoms with Crippen molar-refractivity contribution in [2.24, 2.45) is 0 Å². The lowest BCUT2D eigenvalue weighted by atomic mass is 9.81. The van der Waals surface area contributed by atoms with Gasteiger partial charge in [0.2, 0.25) is 0 Å². The first-order valence-electron chi connectivity index (χ1n) is 6.73. The second-order valence-electron chi connectivity index (χ2n) is 5.16. The first kappa shape index (κ1) is 14.2. The fourth-order valence-corrected chi connectivity index (χ4v) is 3.77. The van der Waals surface area contributed by atoms with Crippen LogP contribution in [-0.2, 0) is 6.42 Å². The maximum atomic E-state index is 10.8. The van der Waals surface area contributed by atoms with E-state index in [1.54, 1.807) is 0 Å². The summed E-state index contributed by atoms with van der Waals surface area (Å²) in [4.78, 5) is 4.51. The van der Waals surface area contributed by atoms with Crippen LogP contribution >= 0.6 is 31.9 Å². The molecule has 0 saturated carbocycles. The first-order chi connectivity index (χ1) is 9.66. The summed E-state index contributed by atoms with van der Waals surface area (Å²) in [7, 11) is 0. The number of aliphatic hydroxyl groups is 1. The van der Waals surface area contributed by atoms with Crippen LogP contribution in [0.4, 0.5) is 0 Å². The van der Waals surface area contributed by atoms with E-state index in [-0.39, 0.29) is 5.92 Å². The minimum absolute atomic E-state index is 0.0746. The van der Waals surface area contributed by atoms with Crippen LogP contribution in [0.25, 0.3) is 0 Å². The van der Waals surface area contributed by atoms with Gasteiger partial charge in [-0.15, -0.1) is 0 Å². The van der Waals surface area contributed by atoms with Gasteiger partial charge in [0.25, 0.3) is 0 Å². The molecule has 4 heteroatoms. The van der Waals surface area contributed by atoms with Gasteiger partial charge in [-0.1, -0.05) is 37.9 Å². The van der Waals surface area contributed by atoms with Crippen molar-refractivity contribution in [3.05, 3.63) is 62.3 Å². The molecule has 3 rings (SSSR count). The third kappa shape index (κ3) is 2.69.